The highest BCUT2D eigenvalue weighted by Gasteiger charge is 2.09. The van der Waals surface area contributed by atoms with Gasteiger partial charge in [0.15, 0.2) is 5.82 Å². The van der Waals surface area contributed by atoms with Crippen molar-refractivity contribution in [1.29, 1.82) is 0 Å². The van der Waals surface area contributed by atoms with Gasteiger partial charge in [-0.1, -0.05) is 49.1 Å². The molecule has 3 rings (SSSR count). The number of hydrogen-bond acceptors (Lipinski definition) is 4. The summed E-state index contributed by atoms with van der Waals surface area (Å²) in [7, 11) is 0. The van der Waals surface area contributed by atoms with Crippen LogP contribution in [0.4, 0.5) is 4.39 Å². The number of unbranched alkanes of at least 4 members (excludes halogenated alkanes) is 1. The summed E-state index contributed by atoms with van der Waals surface area (Å²) in [6.07, 6.45) is 11.5. The van der Waals surface area contributed by atoms with Crippen LogP contribution in [0.2, 0.25) is 0 Å². The van der Waals surface area contributed by atoms with Gasteiger partial charge in [0.1, 0.15) is 18.2 Å². The van der Waals surface area contributed by atoms with Gasteiger partial charge in [0.25, 0.3) is 0 Å². The number of ether oxygens (including phenoxy) is 1. The molecule has 1 atom stereocenters. The van der Waals surface area contributed by atoms with Crippen molar-refractivity contribution in [3.8, 4) is 28.3 Å². The molecule has 0 amide bonds. The fourth-order valence-corrected chi connectivity index (χ4v) is 3.08. The lowest BCUT2D eigenvalue weighted by atomic mass is 10.1. The molecule has 0 radical (unpaired) electrons. The maximum absolute atomic E-state index is 14.4. The quantitative estimate of drug-likeness (QED) is 0.320. The number of allylic oxidation sites excluding steroid dienone is 1. The average Bonchev–Trinajstić information content (AvgIpc) is 2.78. The summed E-state index contributed by atoms with van der Waals surface area (Å²) in [6, 6.07) is 12.7. The van der Waals surface area contributed by atoms with Crippen LogP contribution >= 0.6 is 0 Å². The van der Waals surface area contributed by atoms with Crippen LogP contribution in [0.25, 0.3) is 28.6 Å². The molecular weight excluding hydrogens is 391 g/mol. The van der Waals surface area contributed by atoms with Crippen LogP contribution in [0.15, 0.2) is 73.6 Å². The minimum absolute atomic E-state index is 0.244. The summed E-state index contributed by atoms with van der Waals surface area (Å²) in [5.74, 6) is 0.654. The van der Waals surface area contributed by atoms with Crippen molar-refractivity contribution in [2.75, 3.05) is 6.61 Å². The predicted octanol–water partition coefficient (Wildman–Crippen LogP) is 6.08. The van der Waals surface area contributed by atoms with Crippen LogP contribution < -0.4 is 4.74 Å². The van der Waals surface area contributed by atoms with Gasteiger partial charge in [-0.25, -0.2) is 14.4 Å². The second kappa shape index (κ2) is 11.2. The second-order valence-electron chi connectivity index (χ2n) is 7.34. The maximum Gasteiger partial charge on any atom is 0.159 e. The summed E-state index contributed by atoms with van der Waals surface area (Å²) in [4.78, 5) is 8.81. The molecule has 0 aliphatic carbocycles. The molecule has 0 aliphatic heterocycles. The Hall–Kier alpha value is -3.31. The largest absolute Gasteiger partial charge is 0.489 e. The zero-order valence-electron chi connectivity index (χ0n) is 17.7. The summed E-state index contributed by atoms with van der Waals surface area (Å²) in [6.45, 7) is 5.72. The monoisotopic (exact) mass is 418 g/mol. The van der Waals surface area contributed by atoms with Crippen LogP contribution in [0.5, 0.6) is 5.75 Å². The minimum atomic E-state index is -0.387. The zero-order valence-corrected chi connectivity index (χ0v) is 17.7. The molecule has 0 fully saturated rings. The van der Waals surface area contributed by atoms with Crippen molar-refractivity contribution >= 4 is 6.08 Å². The highest BCUT2D eigenvalue weighted by Crippen LogP contribution is 2.26. The molecule has 0 saturated carbocycles. The number of nitrogens with zero attached hydrogens (tertiary/aromatic N) is 2. The van der Waals surface area contributed by atoms with Crippen molar-refractivity contribution in [2.45, 2.75) is 32.3 Å². The molecular formula is C26H27FN2O2. The second-order valence-corrected chi connectivity index (χ2v) is 7.34. The zero-order chi connectivity index (χ0) is 22.1. The third-order valence-corrected chi connectivity index (χ3v) is 4.74. The Morgan fingerprint density at radius 1 is 1.10 bits per heavy atom. The van der Waals surface area contributed by atoms with E-state index in [1.54, 1.807) is 30.6 Å². The maximum atomic E-state index is 14.4. The normalized spacial score (nSPS) is 12.1. The third kappa shape index (κ3) is 6.59. The van der Waals surface area contributed by atoms with E-state index in [9.17, 15) is 9.50 Å². The first-order valence-electron chi connectivity index (χ1n) is 10.4. The van der Waals surface area contributed by atoms with E-state index in [1.807, 2.05) is 31.2 Å². The fraction of sp³-hybridized carbons (Fsp3) is 0.231. The van der Waals surface area contributed by atoms with Crippen molar-refractivity contribution in [2.24, 2.45) is 0 Å². The number of benzene rings is 2. The Bertz CT molecular complexity index is 1010. The van der Waals surface area contributed by atoms with Crippen LogP contribution in [0, 0.1) is 5.82 Å². The van der Waals surface area contributed by atoms with Gasteiger partial charge in [-0.3, -0.25) is 0 Å². The average molecular weight is 419 g/mol. The summed E-state index contributed by atoms with van der Waals surface area (Å²) < 4.78 is 19.8. The number of rotatable bonds is 10. The summed E-state index contributed by atoms with van der Waals surface area (Å²) >= 11 is 0. The van der Waals surface area contributed by atoms with Gasteiger partial charge in [-0.05, 0) is 43.9 Å². The molecule has 160 valence electrons. The van der Waals surface area contributed by atoms with Crippen molar-refractivity contribution in [1.82, 2.24) is 9.97 Å². The standard InChI is InChI=1S/C26H27FN2O2/c1-3-15-31-23-13-14-24(25(27)16-23)22-17-28-26(29-18-22)21-11-9-20(10-12-21)8-6-4-5-7-19(2)30/h3,6,8-14,16-19,30H,1,4-5,7,15H2,2H3/b8-6+. The van der Waals surface area contributed by atoms with Crippen LogP contribution in [0.3, 0.4) is 0 Å². The lowest BCUT2D eigenvalue weighted by Gasteiger charge is -2.08. The van der Waals surface area contributed by atoms with Crippen LogP contribution in [-0.4, -0.2) is 27.8 Å². The number of hydrogen-bond donors (Lipinski definition) is 1. The molecule has 0 spiro atoms. The van der Waals surface area contributed by atoms with E-state index < -0.39 is 0 Å². The van der Waals surface area contributed by atoms with E-state index in [-0.39, 0.29) is 11.9 Å². The van der Waals surface area contributed by atoms with Crippen molar-refractivity contribution < 1.29 is 14.2 Å². The minimum Gasteiger partial charge on any atom is -0.489 e. The first-order chi connectivity index (χ1) is 15.1. The Balaban J connectivity index is 1.65. The highest BCUT2D eigenvalue weighted by atomic mass is 19.1. The summed E-state index contributed by atoms with van der Waals surface area (Å²) in [5.41, 5.74) is 3.02. The molecule has 0 bridgehead atoms. The van der Waals surface area contributed by atoms with E-state index in [1.165, 1.54) is 6.07 Å². The van der Waals surface area contributed by atoms with E-state index in [4.69, 9.17) is 4.74 Å². The van der Waals surface area contributed by atoms with E-state index in [0.29, 0.717) is 29.3 Å². The van der Waals surface area contributed by atoms with Gasteiger partial charge >= 0.3 is 0 Å². The van der Waals surface area contributed by atoms with Crippen LogP contribution in [-0.2, 0) is 0 Å². The van der Waals surface area contributed by atoms with Crippen LogP contribution in [0.1, 0.15) is 31.7 Å². The summed E-state index contributed by atoms with van der Waals surface area (Å²) in [5, 5.41) is 9.28. The Labute approximate surface area is 182 Å². The molecule has 0 aliphatic rings. The first-order valence-corrected chi connectivity index (χ1v) is 10.4. The molecule has 3 aromatic rings. The van der Waals surface area contributed by atoms with Crippen molar-refractivity contribution in [3.63, 3.8) is 0 Å². The molecule has 1 heterocycles. The third-order valence-electron chi connectivity index (χ3n) is 4.74. The molecule has 31 heavy (non-hydrogen) atoms. The van der Waals surface area contributed by atoms with Crippen molar-refractivity contribution in [3.05, 3.63) is 85.0 Å². The first kappa shape index (κ1) is 22.4. The molecule has 4 nitrogen and oxygen atoms in total. The van der Waals surface area contributed by atoms with E-state index >= 15 is 0 Å². The molecule has 1 N–H and O–H groups in total. The number of halogens is 1. The van der Waals surface area contributed by atoms with Gasteiger partial charge in [0, 0.05) is 35.2 Å². The topological polar surface area (TPSA) is 55.2 Å². The predicted molar refractivity (Wildman–Crippen MR) is 123 cm³/mol. The fourth-order valence-electron chi connectivity index (χ4n) is 3.08. The SMILES string of the molecule is C=CCOc1ccc(-c2cnc(-c3ccc(/C=C/CCCC(C)O)cc3)nc2)c(F)c1. The molecule has 2 aromatic carbocycles. The van der Waals surface area contributed by atoms with Gasteiger partial charge < -0.3 is 9.84 Å². The number of aromatic nitrogens is 2. The Kier molecular flexibility index (Phi) is 8.07. The molecule has 5 heteroatoms. The van der Waals surface area contributed by atoms with E-state index in [2.05, 4.69) is 28.7 Å². The number of aliphatic hydroxyl groups is 1. The van der Waals surface area contributed by atoms with Gasteiger partial charge in [0.05, 0.1) is 6.10 Å². The number of aliphatic hydroxyl groups excluding tert-OH is 1. The lowest BCUT2D eigenvalue weighted by Crippen LogP contribution is -1.97. The lowest BCUT2D eigenvalue weighted by molar-refractivity contribution is 0.182. The molecule has 1 unspecified atom stereocenters. The van der Waals surface area contributed by atoms with Gasteiger partial charge in [0.2, 0.25) is 0 Å². The highest BCUT2D eigenvalue weighted by molar-refractivity contribution is 5.65. The van der Waals surface area contributed by atoms with Gasteiger partial charge in [-0.2, -0.15) is 0 Å². The smallest absolute Gasteiger partial charge is 0.159 e. The molecule has 1 aromatic heterocycles. The Morgan fingerprint density at radius 3 is 2.48 bits per heavy atom. The van der Waals surface area contributed by atoms with E-state index in [0.717, 1.165) is 30.4 Å². The van der Waals surface area contributed by atoms with Gasteiger partial charge in [-0.15, -0.1) is 0 Å². The Morgan fingerprint density at radius 2 is 1.84 bits per heavy atom. The molecule has 0 saturated heterocycles.